The highest BCUT2D eigenvalue weighted by atomic mass is 32.2. The molecule has 0 unspecified atom stereocenters. The van der Waals surface area contributed by atoms with E-state index < -0.39 is 0 Å². The van der Waals surface area contributed by atoms with E-state index in [4.69, 9.17) is 4.74 Å². The maximum absolute atomic E-state index is 11.7. The number of nitrogens with one attached hydrogen (secondary N) is 2. The Morgan fingerprint density at radius 2 is 2.24 bits per heavy atom. The number of rotatable bonds is 9. The van der Waals surface area contributed by atoms with Gasteiger partial charge in [-0.05, 0) is 32.2 Å². The van der Waals surface area contributed by atoms with Crippen molar-refractivity contribution in [2.45, 2.75) is 24.1 Å². The van der Waals surface area contributed by atoms with E-state index in [2.05, 4.69) is 20.8 Å². The number of thioether (sulfide) groups is 1. The number of amides is 1. The van der Waals surface area contributed by atoms with E-state index in [1.165, 1.54) is 35.9 Å². The van der Waals surface area contributed by atoms with Crippen LogP contribution in [0.5, 0.6) is 0 Å². The lowest BCUT2D eigenvalue weighted by molar-refractivity contribution is -0.139. The van der Waals surface area contributed by atoms with Gasteiger partial charge in [0.1, 0.15) is 0 Å². The Morgan fingerprint density at radius 3 is 2.95 bits per heavy atom. The maximum Gasteiger partial charge on any atom is 0.316 e. The van der Waals surface area contributed by atoms with Crippen LogP contribution in [0.3, 0.4) is 0 Å². The molecule has 2 N–H and O–H groups in total. The monoisotopic (exact) mass is 330 g/mol. The van der Waals surface area contributed by atoms with Crippen LogP contribution in [0.2, 0.25) is 0 Å². The van der Waals surface area contributed by atoms with Crippen molar-refractivity contribution in [3.05, 3.63) is 0 Å². The number of anilines is 1. The van der Waals surface area contributed by atoms with E-state index in [9.17, 15) is 9.59 Å². The molecule has 1 aromatic rings. The fourth-order valence-corrected chi connectivity index (χ4v) is 3.08. The van der Waals surface area contributed by atoms with Crippen molar-refractivity contribution in [3.8, 4) is 0 Å². The van der Waals surface area contributed by atoms with Gasteiger partial charge in [-0.2, -0.15) is 0 Å². The van der Waals surface area contributed by atoms with Crippen LogP contribution in [0.1, 0.15) is 19.8 Å². The molecule has 1 amide bonds. The second-order valence-electron chi connectivity index (χ2n) is 4.59. The molecule has 1 aliphatic carbocycles. The average molecular weight is 330 g/mol. The van der Waals surface area contributed by atoms with E-state index in [-0.39, 0.29) is 24.2 Å². The van der Waals surface area contributed by atoms with Gasteiger partial charge in [-0.3, -0.25) is 14.9 Å². The van der Waals surface area contributed by atoms with Crippen molar-refractivity contribution in [1.82, 2.24) is 15.5 Å². The Balaban J connectivity index is 1.66. The van der Waals surface area contributed by atoms with E-state index >= 15 is 0 Å². The van der Waals surface area contributed by atoms with Gasteiger partial charge in [0.15, 0.2) is 4.34 Å². The van der Waals surface area contributed by atoms with Crippen molar-refractivity contribution >= 4 is 40.1 Å². The molecule has 1 fully saturated rings. The zero-order chi connectivity index (χ0) is 15.1. The van der Waals surface area contributed by atoms with E-state index in [0.29, 0.717) is 16.1 Å². The minimum Gasteiger partial charge on any atom is -0.465 e. The fourth-order valence-electron chi connectivity index (χ4n) is 1.52. The summed E-state index contributed by atoms with van der Waals surface area (Å²) in [4.78, 5) is 22.9. The lowest BCUT2D eigenvalue weighted by atomic mass is 10.4. The first kappa shape index (κ1) is 16.2. The molecule has 0 spiro atoms. The molecule has 0 aliphatic heterocycles. The van der Waals surface area contributed by atoms with Gasteiger partial charge in [0, 0.05) is 0 Å². The van der Waals surface area contributed by atoms with Crippen LogP contribution < -0.4 is 10.6 Å². The third-order valence-electron chi connectivity index (χ3n) is 2.69. The molecule has 116 valence electrons. The largest absolute Gasteiger partial charge is 0.465 e. The summed E-state index contributed by atoms with van der Waals surface area (Å²) >= 11 is 2.50. The average Bonchev–Trinajstić information content (AvgIpc) is 3.16. The molecule has 0 bridgehead atoms. The molecular formula is C12H18N4O3S2. The Kier molecular flexibility index (Phi) is 6.40. The number of nitrogens with zero attached hydrogens (tertiary/aromatic N) is 2. The Morgan fingerprint density at radius 1 is 1.43 bits per heavy atom. The summed E-state index contributed by atoms with van der Waals surface area (Å²) in [6.45, 7) is 3.30. The van der Waals surface area contributed by atoms with Crippen LogP contribution in [0.15, 0.2) is 4.34 Å². The highest BCUT2D eigenvalue weighted by Gasteiger charge is 2.20. The minimum atomic E-state index is -0.285. The molecule has 0 atom stereocenters. The molecule has 0 radical (unpaired) electrons. The van der Waals surface area contributed by atoms with Crippen molar-refractivity contribution in [1.29, 1.82) is 0 Å². The first-order valence-corrected chi connectivity index (χ1v) is 8.60. The van der Waals surface area contributed by atoms with Gasteiger partial charge in [-0.15, -0.1) is 10.2 Å². The summed E-state index contributed by atoms with van der Waals surface area (Å²) in [5.74, 6) is 0.519. The van der Waals surface area contributed by atoms with Crippen LogP contribution in [-0.4, -0.2) is 47.5 Å². The molecular weight excluding hydrogens is 312 g/mol. The van der Waals surface area contributed by atoms with Gasteiger partial charge in [0.25, 0.3) is 0 Å². The maximum atomic E-state index is 11.7. The number of carbonyl (C=O) groups excluding carboxylic acids is 2. The first-order valence-electron chi connectivity index (χ1n) is 6.80. The normalized spacial score (nSPS) is 14.0. The van der Waals surface area contributed by atoms with Gasteiger partial charge >= 0.3 is 5.97 Å². The Hall–Kier alpha value is -1.19. The minimum absolute atomic E-state index is 0.131. The number of hydrogen-bond acceptors (Lipinski definition) is 8. The SMILES string of the molecule is CCOC(=O)CSc1nnc(NC(=O)CNCC2CC2)s1. The smallest absolute Gasteiger partial charge is 0.316 e. The van der Waals surface area contributed by atoms with Gasteiger partial charge < -0.3 is 10.1 Å². The lowest BCUT2D eigenvalue weighted by Crippen LogP contribution is -2.29. The number of ether oxygens (including phenoxy) is 1. The standard InChI is InChI=1S/C12H18N4O3S2/c1-2-19-10(18)7-20-12-16-15-11(21-12)14-9(17)6-13-5-8-3-4-8/h8,13H,2-7H2,1H3,(H,14,15,17). The predicted molar refractivity (Wildman–Crippen MR) is 81.5 cm³/mol. The summed E-state index contributed by atoms with van der Waals surface area (Å²) in [7, 11) is 0. The second kappa shape index (κ2) is 8.30. The molecule has 1 saturated carbocycles. The third kappa shape index (κ3) is 6.40. The molecule has 1 heterocycles. The molecule has 0 aromatic carbocycles. The van der Waals surface area contributed by atoms with Crippen LogP contribution in [0.25, 0.3) is 0 Å². The first-order chi connectivity index (χ1) is 10.2. The summed E-state index contributed by atoms with van der Waals surface area (Å²) in [5, 5.41) is 14.0. The molecule has 0 saturated heterocycles. The van der Waals surface area contributed by atoms with Crippen molar-refractivity contribution < 1.29 is 14.3 Å². The molecule has 7 nitrogen and oxygen atoms in total. The molecule has 21 heavy (non-hydrogen) atoms. The van der Waals surface area contributed by atoms with Crippen LogP contribution >= 0.6 is 23.1 Å². The highest BCUT2D eigenvalue weighted by molar-refractivity contribution is 8.01. The van der Waals surface area contributed by atoms with Gasteiger partial charge in [0.2, 0.25) is 11.0 Å². The number of carbonyl (C=O) groups is 2. The van der Waals surface area contributed by atoms with E-state index in [1.54, 1.807) is 6.92 Å². The number of esters is 1. The highest BCUT2D eigenvalue weighted by Crippen LogP contribution is 2.27. The van der Waals surface area contributed by atoms with Crippen molar-refractivity contribution in [2.75, 3.05) is 30.8 Å². The van der Waals surface area contributed by atoms with E-state index in [0.717, 1.165) is 12.5 Å². The number of aromatic nitrogens is 2. The summed E-state index contributed by atoms with van der Waals surface area (Å²) in [6.07, 6.45) is 2.51. The quantitative estimate of drug-likeness (QED) is 0.398. The summed E-state index contributed by atoms with van der Waals surface area (Å²) in [5.41, 5.74) is 0. The second-order valence-corrected chi connectivity index (χ2v) is 6.79. The zero-order valence-corrected chi connectivity index (χ0v) is 13.4. The molecule has 1 aliphatic rings. The summed E-state index contributed by atoms with van der Waals surface area (Å²) < 4.78 is 5.45. The van der Waals surface area contributed by atoms with Gasteiger partial charge in [-0.25, -0.2) is 0 Å². The fraction of sp³-hybridized carbons (Fsp3) is 0.667. The lowest BCUT2D eigenvalue weighted by Gasteiger charge is -2.02. The number of hydrogen-bond donors (Lipinski definition) is 2. The predicted octanol–water partition coefficient (Wildman–Crippen LogP) is 1.13. The summed E-state index contributed by atoms with van der Waals surface area (Å²) in [6, 6.07) is 0. The zero-order valence-electron chi connectivity index (χ0n) is 11.8. The van der Waals surface area contributed by atoms with Crippen molar-refractivity contribution in [3.63, 3.8) is 0 Å². The van der Waals surface area contributed by atoms with Crippen molar-refractivity contribution in [2.24, 2.45) is 5.92 Å². The topological polar surface area (TPSA) is 93.2 Å². The van der Waals surface area contributed by atoms with Crippen LogP contribution in [0, 0.1) is 5.92 Å². The Labute approximate surface area is 131 Å². The Bertz CT molecular complexity index is 491. The van der Waals surface area contributed by atoms with Crippen LogP contribution in [-0.2, 0) is 14.3 Å². The van der Waals surface area contributed by atoms with Crippen LogP contribution in [0.4, 0.5) is 5.13 Å². The molecule has 1 aromatic heterocycles. The van der Waals surface area contributed by atoms with Gasteiger partial charge in [-0.1, -0.05) is 23.1 Å². The van der Waals surface area contributed by atoms with E-state index in [1.807, 2.05) is 0 Å². The third-order valence-corrected chi connectivity index (χ3v) is 4.63. The molecule has 9 heteroatoms. The van der Waals surface area contributed by atoms with Gasteiger partial charge in [0.05, 0.1) is 18.9 Å². The molecule has 2 rings (SSSR count).